The molecule has 0 aromatic heterocycles. The molecule has 0 aromatic carbocycles. The number of carbonyl (C=O) groups is 1. The molecule has 94 valence electrons. The maximum Gasteiger partial charge on any atom is 0.237 e. The Balaban J connectivity index is 2.49. The second-order valence-corrected chi connectivity index (χ2v) is 4.67. The second kappa shape index (κ2) is 5.12. The SMILES string of the molecule is CCOC1CC(NC(C)(C)C(N)=O)C1OC. The normalized spacial score (nSPS) is 29.9. The summed E-state index contributed by atoms with van der Waals surface area (Å²) in [6, 6.07) is 0.129. The fourth-order valence-electron chi connectivity index (χ4n) is 1.95. The van der Waals surface area contributed by atoms with Gasteiger partial charge in [0.2, 0.25) is 5.91 Å². The summed E-state index contributed by atoms with van der Waals surface area (Å²) in [5.41, 5.74) is 4.59. The summed E-state index contributed by atoms with van der Waals surface area (Å²) in [6.45, 7) is 6.18. The van der Waals surface area contributed by atoms with Gasteiger partial charge < -0.3 is 15.2 Å². The van der Waals surface area contributed by atoms with E-state index in [4.69, 9.17) is 15.2 Å². The van der Waals surface area contributed by atoms with Crippen LogP contribution in [0.2, 0.25) is 0 Å². The number of carbonyl (C=O) groups excluding carboxylic acids is 1. The molecule has 0 heterocycles. The van der Waals surface area contributed by atoms with E-state index in [1.807, 2.05) is 6.92 Å². The number of amides is 1. The average Bonchev–Trinajstić information content (AvgIpc) is 2.16. The van der Waals surface area contributed by atoms with Crippen molar-refractivity contribution in [3.63, 3.8) is 0 Å². The third-order valence-corrected chi connectivity index (χ3v) is 3.06. The Morgan fingerprint density at radius 2 is 2.19 bits per heavy atom. The van der Waals surface area contributed by atoms with Crippen LogP contribution in [0.3, 0.4) is 0 Å². The van der Waals surface area contributed by atoms with Gasteiger partial charge in [-0.25, -0.2) is 0 Å². The van der Waals surface area contributed by atoms with E-state index in [0.717, 1.165) is 6.42 Å². The zero-order chi connectivity index (χ0) is 12.3. The summed E-state index contributed by atoms with van der Waals surface area (Å²) in [6.07, 6.45) is 0.970. The van der Waals surface area contributed by atoms with E-state index in [0.29, 0.717) is 6.61 Å². The first-order chi connectivity index (χ1) is 7.42. The molecule has 1 amide bonds. The van der Waals surface area contributed by atoms with Crippen molar-refractivity contribution in [1.29, 1.82) is 0 Å². The van der Waals surface area contributed by atoms with E-state index in [9.17, 15) is 4.79 Å². The van der Waals surface area contributed by atoms with Gasteiger partial charge >= 0.3 is 0 Å². The van der Waals surface area contributed by atoms with E-state index >= 15 is 0 Å². The average molecular weight is 230 g/mol. The van der Waals surface area contributed by atoms with Crippen LogP contribution >= 0.6 is 0 Å². The molecule has 1 aliphatic carbocycles. The lowest BCUT2D eigenvalue weighted by atomic mass is 9.83. The van der Waals surface area contributed by atoms with Crippen LogP contribution in [-0.2, 0) is 14.3 Å². The zero-order valence-electron chi connectivity index (χ0n) is 10.4. The van der Waals surface area contributed by atoms with E-state index in [-0.39, 0.29) is 24.2 Å². The second-order valence-electron chi connectivity index (χ2n) is 4.67. The van der Waals surface area contributed by atoms with Crippen LogP contribution < -0.4 is 11.1 Å². The third-order valence-electron chi connectivity index (χ3n) is 3.06. The highest BCUT2D eigenvalue weighted by molar-refractivity contribution is 5.83. The molecule has 0 spiro atoms. The van der Waals surface area contributed by atoms with Gasteiger partial charge in [0.25, 0.3) is 0 Å². The van der Waals surface area contributed by atoms with E-state index in [2.05, 4.69) is 5.32 Å². The molecule has 5 heteroatoms. The molecule has 0 aromatic rings. The van der Waals surface area contributed by atoms with Crippen molar-refractivity contribution in [1.82, 2.24) is 5.32 Å². The number of methoxy groups -OCH3 is 1. The summed E-state index contributed by atoms with van der Waals surface area (Å²) in [5, 5.41) is 3.20. The molecule has 0 radical (unpaired) electrons. The quantitative estimate of drug-likeness (QED) is 0.675. The van der Waals surface area contributed by atoms with Crippen molar-refractivity contribution in [3.05, 3.63) is 0 Å². The smallest absolute Gasteiger partial charge is 0.237 e. The minimum atomic E-state index is -0.710. The van der Waals surface area contributed by atoms with Crippen molar-refractivity contribution in [2.24, 2.45) is 5.73 Å². The Morgan fingerprint density at radius 3 is 2.62 bits per heavy atom. The number of rotatable bonds is 6. The predicted molar refractivity (Wildman–Crippen MR) is 61.0 cm³/mol. The molecule has 3 atom stereocenters. The lowest BCUT2D eigenvalue weighted by Gasteiger charge is -2.46. The van der Waals surface area contributed by atoms with E-state index in [1.54, 1.807) is 21.0 Å². The van der Waals surface area contributed by atoms with Gasteiger partial charge in [0, 0.05) is 19.8 Å². The maximum absolute atomic E-state index is 11.2. The Labute approximate surface area is 96.7 Å². The van der Waals surface area contributed by atoms with E-state index in [1.165, 1.54) is 0 Å². The summed E-state index contributed by atoms with van der Waals surface area (Å²) < 4.78 is 10.9. The van der Waals surface area contributed by atoms with Gasteiger partial charge in [-0.05, 0) is 27.2 Å². The molecule has 1 saturated carbocycles. The standard InChI is InChI=1S/C11H22N2O3/c1-5-16-8-6-7(9(8)15-4)13-11(2,3)10(12)14/h7-9,13H,5-6H2,1-4H3,(H2,12,14). The topological polar surface area (TPSA) is 73.6 Å². The van der Waals surface area contributed by atoms with Crippen molar-refractivity contribution in [3.8, 4) is 0 Å². The molecule has 3 N–H and O–H groups in total. The Morgan fingerprint density at radius 1 is 1.56 bits per heavy atom. The summed E-state index contributed by atoms with van der Waals surface area (Å²) in [5.74, 6) is -0.359. The zero-order valence-corrected chi connectivity index (χ0v) is 10.4. The molecule has 5 nitrogen and oxygen atoms in total. The van der Waals surface area contributed by atoms with Crippen LogP contribution in [0.25, 0.3) is 0 Å². The van der Waals surface area contributed by atoms with Gasteiger partial charge in [0.05, 0.1) is 17.7 Å². The molecule has 16 heavy (non-hydrogen) atoms. The number of primary amides is 1. The fourth-order valence-corrected chi connectivity index (χ4v) is 1.95. The first-order valence-corrected chi connectivity index (χ1v) is 5.64. The number of ether oxygens (including phenoxy) is 2. The summed E-state index contributed by atoms with van der Waals surface area (Å²) in [7, 11) is 1.65. The molecule has 0 aliphatic heterocycles. The fraction of sp³-hybridized carbons (Fsp3) is 0.909. The lowest BCUT2D eigenvalue weighted by molar-refractivity contribution is -0.141. The van der Waals surface area contributed by atoms with Crippen molar-refractivity contribution in [2.45, 2.75) is 51.0 Å². The highest BCUT2D eigenvalue weighted by Gasteiger charge is 2.45. The third kappa shape index (κ3) is 2.72. The Kier molecular flexibility index (Phi) is 4.29. The van der Waals surface area contributed by atoms with Gasteiger partial charge in [-0.3, -0.25) is 10.1 Å². The monoisotopic (exact) mass is 230 g/mol. The van der Waals surface area contributed by atoms with Crippen LogP contribution in [0.15, 0.2) is 0 Å². The van der Waals surface area contributed by atoms with Crippen LogP contribution in [-0.4, -0.2) is 43.4 Å². The molecule has 0 saturated heterocycles. The van der Waals surface area contributed by atoms with Gasteiger partial charge in [-0.15, -0.1) is 0 Å². The largest absolute Gasteiger partial charge is 0.377 e. The van der Waals surface area contributed by atoms with Gasteiger partial charge in [-0.2, -0.15) is 0 Å². The summed E-state index contributed by atoms with van der Waals surface area (Å²) in [4.78, 5) is 11.2. The first-order valence-electron chi connectivity index (χ1n) is 5.64. The number of nitrogens with one attached hydrogen (secondary N) is 1. The molecular formula is C11H22N2O3. The molecule has 1 aliphatic rings. The lowest BCUT2D eigenvalue weighted by Crippen LogP contribution is -2.66. The van der Waals surface area contributed by atoms with Crippen molar-refractivity contribution in [2.75, 3.05) is 13.7 Å². The number of nitrogens with two attached hydrogens (primary N) is 1. The maximum atomic E-state index is 11.2. The molecule has 0 bridgehead atoms. The molecule has 1 rings (SSSR count). The Bertz CT molecular complexity index is 256. The molecular weight excluding hydrogens is 208 g/mol. The van der Waals surface area contributed by atoms with Crippen molar-refractivity contribution < 1.29 is 14.3 Å². The van der Waals surface area contributed by atoms with Crippen molar-refractivity contribution >= 4 is 5.91 Å². The first kappa shape index (κ1) is 13.4. The Hall–Kier alpha value is -0.650. The number of hydrogen-bond acceptors (Lipinski definition) is 4. The van der Waals surface area contributed by atoms with Crippen LogP contribution in [0, 0.1) is 0 Å². The van der Waals surface area contributed by atoms with Crippen LogP contribution in [0.1, 0.15) is 27.2 Å². The van der Waals surface area contributed by atoms with Crippen LogP contribution in [0.5, 0.6) is 0 Å². The van der Waals surface area contributed by atoms with Gasteiger partial charge in [-0.1, -0.05) is 0 Å². The highest BCUT2D eigenvalue weighted by atomic mass is 16.5. The minimum absolute atomic E-state index is 0.00132. The molecule has 3 unspecified atom stereocenters. The predicted octanol–water partition coefficient (Wildman–Crippen LogP) is 0.0323. The summed E-state index contributed by atoms with van der Waals surface area (Å²) >= 11 is 0. The van der Waals surface area contributed by atoms with Crippen LogP contribution in [0.4, 0.5) is 0 Å². The van der Waals surface area contributed by atoms with Gasteiger partial charge in [0.15, 0.2) is 0 Å². The van der Waals surface area contributed by atoms with E-state index < -0.39 is 5.54 Å². The number of hydrogen-bond donors (Lipinski definition) is 2. The minimum Gasteiger partial charge on any atom is -0.377 e. The van der Waals surface area contributed by atoms with Gasteiger partial charge in [0.1, 0.15) is 0 Å². The molecule has 1 fully saturated rings. The highest BCUT2D eigenvalue weighted by Crippen LogP contribution is 2.28.